The first-order valence-corrected chi connectivity index (χ1v) is 6.27. The van der Waals surface area contributed by atoms with Crippen LogP contribution < -0.4 is 11.3 Å². The van der Waals surface area contributed by atoms with E-state index in [2.05, 4.69) is 5.43 Å². The van der Waals surface area contributed by atoms with E-state index >= 15 is 0 Å². The highest BCUT2D eigenvalue weighted by atomic mass is 19.1. The molecule has 1 aromatic heterocycles. The smallest absolute Gasteiger partial charge is 0.134 e. The zero-order valence-corrected chi connectivity index (χ0v) is 11.4. The summed E-state index contributed by atoms with van der Waals surface area (Å²) >= 11 is 0. The van der Waals surface area contributed by atoms with Gasteiger partial charge in [0.25, 0.3) is 0 Å². The lowest BCUT2D eigenvalue weighted by Crippen LogP contribution is -2.44. The van der Waals surface area contributed by atoms with Crippen LogP contribution in [0.1, 0.15) is 32.6 Å². The summed E-state index contributed by atoms with van der Waals surface area (Å²) in [4.78, 5) is 0. The van der Waals surface area contributed by atoms with E-state index in [1.807, 2.05) is 20.8 Å². The molecule has 3 N–H and O–H groups in total. The van der Waals surface area contributed by atoms with Crippen molar-refractivity contribution in [1.82, 2.24) is 5.43 Å². The molecular weight excluding hydrogens is 247 g/mol. The van der Waals surface area contributed by atoms with Gasteiger partial charge in [-0.1, -0.05) is 0 Å². The maximum Gasteiger partial charge on any atom is 0.134 e. The van der Waals surface area contributed by atoms with Gasteiger partial charge < -0.3 is 9.15 Å². The molecule has 0 fully saturated rings. The van der Waals surface area contributed by atoms with Crippen LogP contribution in [0.2, 0.25) is 0 Å². The van der Waals surface area contributed by atoms with Crippen LogP contribution in [-0.2, 0) is 4.74 Å². The molecule has 0 bridgehead atoms. The van der Waals surface area contributed by atoms with E-state index in [0.29, 0.717) is 23.3 Å². The van der Waals surface area contributed by atoms with Gasteiger partial charge in [0.15, 0.2) is 0 Å². The summed E-state index contributed by atoms with van der Waals surface area (Å²) in [6.45, 7) is 6.34. The quantitative estimate of drug-likeness (QED) is 0.645. The molecule has 0 aliphatic rings. The van der Waals surface area contributed by atoms with Gasteiger partial charge in [0.05, 0.1) is 5.60 Å². The molecule has 4 nitrogen and oxygen atoms in total. The molecule has 1 unspecified atom stereocenters. The third-order valence-corrected chi connectivity index (χ3v) is 3.16. The SMILES string of the molecule is CCOC(C)(C)C(NN)c1cc2cc(F)ccc2o1. The molecule has 104 valence electrons. The van der Waals surface area contributed by atoms with E-state index in [1.165, 1.54) is 12.1 Å². The maximum absolute atomic E-state index is 13.2. The van der Waals surface area contributed by atoms with Gasteiger partial charge in [0.1, 0.15) is 23.2 Å². The minimum absolute atomic E-state index is 0.291. The summed E-state index contributed by atoms with van der Waals surface area (Å²) in [6, 6.07) is 5.87. The van der Waals surface area contributed by atoms with E-state index in [4.69, 9.17) is 15.0 Å². The number of nitrogens with two attached hydrogens (primary N) is 1. The standard InChI is InChI=1S/C14H19FN2O2/c1-4-18-14(2,3)13(17-16)12-8-9-7-10(15)5-6-11(9)19-12/h5-8,13,17H,4,16H2,1-3H3. The Hall–Kier alpha value is -1.43. The van der Waals surface area contributed by atoms with Crippen molar-refractivity contribution in [3.63, 3.8) is 0 Å². The lowest BCUT2D eigenvalue weighted by Gasteiger charge is -2.32. The van der Waals surface area contributed by atoms with Crippen molar-refractivity contribution >= 4 is 11.0 Å². The number of hydrogen-bond acceptors (Lipinski definition) is 4. The molecule has 0 aliphatic carbocycles. The molecule has 2 rings (SSSR count). The number of hydrogen-bond donors (Lipinski definition) is 2. The van der Waals surface area contributed by atoms with Crippen LogP contribution >= 0.6 is 0 Å². The van der Waals surface area contributed by atoms with Crippen LogP contribution in [0.5, 0.6) is 0 Å². The second kappa shape index (κ2) is 5.28. The number of fused-ring (bicyclic) bond motifs is 1. The number of benzene rings is 1. The van der Waals surface area contributed by atoms with E-state index in [9.17, 15) is 4.39 Å². The summed E-state index contributed by atoms with van der Waals surface area (Å²) in [6.07, 6.45) is 0. The fraction of sp³-hybridized carbons (Fsp3) is 0.429. The van der Waals surface area contributed by atoms with Crippen molar-refractivity contribution in [2.24, 2.45) is 5.84 Å². The Morgan fingerprint density at radius 3 is 2.79 bits per heavy atom. The van der Waals surface area contributed by atoms with Gasteiger partial charge in [-0.25, -0.2) is 9.82 Å². The monoisotopic (exact) mass is 266 g/mol. The van der Waals surface area contributed by atoms with Crippen LogP contribution in [0.25, 0.3) is 11.0 Å². The van der Waals surface area contributed by atoms with Gasteiger partial charge in [-0.05, 0) is 45.0 Å². The van der Waals surface area contributed by atoms with Gasteiger partial charge in [-0.15, -0.1) is 0 Å². The summed E-state index contributed by atoms with van der Waals surface area (Å²) in [5.74, 6) is 5.94. The van der Waals surface area contributed by atoms with Gasteiger partial charge in [0, 0.05) is 12.0 Å². The van der Waals surface area contributed by atoms with E-state index < -0.39 is 5.60 Å². The van der Waals surface area contributed by atoms with Gasteiger partial charge in [0.2, 0.25) is 0 Å². The number of nitrogens with one attached hydrogen (secondary N) is 1. The Labute approximate surface area is 111 Å². The number of hydrazine groups is 1. The van der Waals surface area contributed by atoms with Crippen LogP contribution in [0, 0.1) is 5.82 Å². The fourth-order valence-corrected chi connectivity index (χ4v) is 2.26. The number of ether oxygens (including phenoxy) is 1. The number of halogens is 1. The average molecular weight is 266 g/mol. The van der Waals surface area contributed by atoms with E-state index in [1.54, 1.807) is 12.1 Å². The number of furan rings is 1. The van der Waals surface area contributed by atoms with Crippen LogP contribution in [0.4, 0.5) is 4.39 Å². The predicted octanol–water partition coefficient (Wildman–Crippen LogP) is 2.89. The Balaban J connectivity index is 2.40. The zero-order valence-electron chi connectivity index (χ0n) is 11.4. The first kappa shape index (κ1) is 14.0. The Bertz CT molecular complexity index is 566. The average Bonchev–Trinajstić information content (AvgIpc) is 2.71. The first-order valence-electron chi connectivity index (χ1n) is 6.27. The molecule has 2 aromatic rings. The first-order chi connectivity index (χ1) is 8.97. The highest BCUT2D eigenvalue weighted by Gasteiger charge is 2.33. The normalized spacial score (nSPS) is 13.9. The molecular formula is C14H19FN2O2. The third-order valence-electron chi connectivity index (χ3n) is 3.16. The van der Waals surface area contributed by atoms with Crippen molar-refractivity contribution in [1.29, 1.82) is 0 Å². The highest BCUT2D eigenvalue weighted by Crippen LogP contribution is 2.32. The Kier molecular flexibility index (Phi) is 3.89. The minimum Gasteiger partial charge on any atom is -0.459 e. The van der Waals surface area contributed by atoms with Gasteiger partial charge >= 0.3 is 0 Å². The van der Waals surface area contributed by atoms with Gasteiger partial charge in [-0.2, -0.15) is 0 Å². The Morgan fingerprint density at radius 2 is 2.16 bits per heavy atom. The van der Waals surface area contributed by atoms with E-state index in [0.717, 1.165) is 0 Å². The molecule has 1 heterocycles. The molecule has 0 spiro atoms. The topological polar surface area (TPSA) is 60.4 Å². The summed E-state index contributed by atoms with van der Waals surface area (Å²) in [5, 5.41) is 0.711. The Morgan fingerprint density at radius 1 is 1.42 bits per heavy atom. The predicted molar refractivity (Wildman–Crippen MR) is 71.9 cm³/mol. The van der Waals surface area contributed by atoms with Crippen LogP contribution in [0.3, 0.4) is 0 Å². The fourth-order valence-electron chi connectivity index (χ4n) is 2.26. The van der Waals surface area contributed by atoms with Crippen molar-refractivity contribution < 1.29 is 13.5 Å². The minimum atomic E-state index is -0.532. The van der Waals surface area contributed by atoms with Crippen molar-refractivity contribution in [3.8, 4) is 0 Å². The molecule has 5 heteroatoms. The van der Waals surface area contributed by atoms with E-state index in [-0.39, 0.29) is 11.9 Å². The maximum atomic E-state index is 13.2. The second-order valence-corrected chi connectivity index (χ2v) is 4.97. The summed E-state index contributed by atoms with van der Waals surface area (Å²) < 4.78 is 24.6. The lowest BCUT2D eigenvalue weighted by atomic mass is 9.96. The summed E-state index contributed by atoms with van der Waals surface area (Å²) in [7, 11) is 0. The van der Waals surface area contributed by atoms with Crippen molar-refractivity contribution in [3.05, 3.63) is 35.8 Å². The molecule has 1 atom stereocenters. The lowest BCUT2D eigenvalue weighted by molar-refractivity contribution is -0.0437. The summed E-state index contributed by atoms with van der Waals surface area (Å²) in [5.41, 5.74) is 2.80. The largest absolute Gasteiger partial charge is 0.459 e. The van der Waals surface area contributed by atoms with Crippen LogP contribution in [0.15, 0.2) is 28.7 Å². The molecule has 0 saturated heterocycles. The number of rotatable bonds is 5. The molecule has 0 amide bonds. The highest BCUT2D eigenvalue weighted by molar-refractivity contribution is 5.78. The second-order valence-electron chi connectivity index (χ2n) is 4.97. The molecule has 1 aromatic carbocycles. The van der Waals surface area contributed by atoms with Crippen molar-refractivity contribution in [2.45, 2.75) is 32.4 Å². The zero-order chi connectivity index (χ0) is 14.0. The van der Waals surface area contributed by atoms with Gasteiger partial charge in [-0.3, -0.25) is 5.84 Å². The molecule has 0 aliphatic heterocycles. The third kappa shape index (κ3) is 2.78. The molecule has 0 saturated carbocycles. The van der Waals surface area contributed by atoms with Crippen molar-refractivity contribution in [2.75, 3.05) is 6.61 Å². The molecule has 19 heavy (non-hydrogen) atoms. The van der Waals surface area contributed by atoms with Crippen LogP contribution in [-0.4, -0.2) is 12.2 Å². The molecule has 0 radical (unpaired) electrons.